The molecule has 1 saturated heterocycles. The van der Waals surface area contributed by atoms with Gasteiger partial charge in [-0.3, -0.25) is 13.6 Å². The van der Waals surface area contributed by atoms with Crippen LogP contribution in [0.2, 0.25) is 0 Å². The molecule has 0 amide bonds. The first-order valence-electron chi connectivity index (χ1n) is 9.28. The van der Waals surface area contributed by atoms with Gasteiger partial charge in [-0.05, 0) is 0 Å². The van der Waals surface area contributed by atoms with E-state index >= 15 is 0 Å². The lowest BCUT2D eigenvalue weighted by molar-refractivity contribution is -0.0447. The first-order chi connectivity index (χ1) is 16.5. The molecule has 1 aliphatic rings. The van der Waals surface area contributed by atoms with Gasteiger partial charge in [-0.15, -0.1) is 0 Å². The van der Waals surface area contributed by atoms with Crippen LogP contribution < -0.4 is 11.4 Å². The van der Waals surface area contributed by atoms with Crippen molar-refractivity contribution in [3.63, 3.8) is 0 Å². The van der Waals surface area contributed by atoms with E-state index in [1.54, 1.807) is 0 Å². The fourth-order valence-electron chi connectivity index (χ4n) is 2.58. The zero-order valence-electron chi connectivity index (χ0n) is 17.7. The third kappa shape index (κ3) is 10.7. The minimum absolute atomic E-state index is 0.0400. The first-order valence-corrected chi connectivity index (χ1v) is 15.0. The molecular formula is C13H21N3O16P4. The normalized spacial score (nSPS) is 23.0. The minimum atomic E-state index is -5.22. The van der Waals surface area contributed by atoms with Gasteiger partial charge in [0.25, 0.3) is 0 Å². The number of ether oxygens (including phenoxy) is 1. The highest BCUT2D eigenvalue weighted by Gasteiger charge is 2.39. The monoisotopic (exact) mass is 599 g/mol. The van der Waals surface area contributed by atoms with Crippen molar-refractivity contribution in [1.29, 1.82) is 0 Å². The summed E-state index contributed by atoms with van der Waals surface area (Å²) in [7, 11) is -18.5. The van der Waals surface area contributed by atoms with Gasteiger partial charge >= 0.3 is 37.8 Å². The first kappa shape index (κ1) is 31.1. The summed E-state index contributed by atoms with van der Waals surface area (Å²) in [6.45, 7) is -1.19. The van der Waals surface area contributed by atoms with Gasteiger partial charge in [0.15, 0.2) is 0 Å². The highest BCUT2D eigenvalue weighted by molar-refractivity contribution is 7.63. The van der Waals surface area contributed by atoms with Crippen molar-refractivity contribution in [2.75, 3.05) is 18.9 Å². The number of phosphoric acid groups is 3. The molecule has 23 heteroatoms. The Labute approximate surface area is 202 Å². The summed E-state index contributed by atoms with van der Waals surface area (Å²) >= 11 is 0. The summed E-state index contributed by atoms with van der Waals surface area (Å²) in [4.78, 5) is 68.9. The quantitative estimate of drug-likeness (QED) is 0.0840. The van der Waals surface area contributed by atoms with Crippen LogP contribution in [0, 0.1) is 11.8 Å². The third-order valence-electron chi connectivity index (χ3n) is 3.96. The molecule has 0 aliphatic carbocycles. The number of phosphoric ester groups is 2. The molecule has 0 bridgehead atoms. The molecule has 204 valence electrons. The molecule has 19 nitrogen and oxygen atoms in total. The van der Waals surface area contributed by atoms with Crippen LogP contribution in [0.5, 0.6) is 0 Å². The second kappa shape index (κ2) is 12.6. The summed E-state index contributed by atoms with van der Waals surface area (Å²) in [5.41, 5.74) is 4.81. The Kier molecular flexibility index (Phi) is 10.9. The Morgan fingerprint density at radius 1 is 1.17 bits per heavy atom. The van der Waals surface area contributed by atoms with E-state index in [-0.39, 0.29) is 30.8 Å². The van der Waals surface area contributed by atoms with E-state index in [0.717, 1.165) is 10.8 Å². The summed E-state index contributed by atoms with van der Waals surface area (Å²) in [5.74, 6) is 4.81. The number of aromatic nitrogens is 2. The van der Waals surface area contributed by atoms with Gasteiger partial charge in [-0.1, -0.05) is 11.8 Å². The number of aliphatic hydroxyl groups excluding tert-OH is 1. The van der Waals surface area contributed by atoms with Crippen molar-refractivity contribution in [2.24, 2.45) is 0 Å². The fourth-order valence-corrected chi connectivity index (χ4v) is 5.25. The van der Waals surface area contributed by atoms with Crippen LogP contribution in [-0.2, 0) is 36.1 Å². The maximum atomic E-state index is 12.2. The van der Waals surface area contributed by atoms with Crippen LogP contribution in [0.15, 0.2) is 11.0 Å². The van der Waals surface area contributed by atoms with Crippen molar-refractivity contribution in [1.82, 2.24) is 9.55 Å². The van der Waals surface area contributed by atoms with Crippen LogP contribution in [0.25, 0.3) is 0 Å². The average Bonchev–Trinajstić information content (AvgIpc) is 3.05. The molecule has 9 N–H and O–H groups in total. The largest absolute Gasteiger partial charge is 0.479 e. The van der Waals surface area contributed by atoms with E-state index in [4.69, 9.17) is 30.0 Å². The SMILES string of the molecule is Nc1nc(=O)n(C2CC(O)C(COP(=O)(O)OP(O)OP(=O)(O)O)O2)cc1C#CCCOP(=O)(O)O. The number of hydrogen-bond acceptors (Lipinski definition) is 13. The summed E-state index contributed by atoms with van der Waals surface area (Å²) in [5, 5.41) is 10.2. The van der Waals surface area contributed by atoms with Gasteiger partial charge in [-0.2, -0.15) is 4.98 Å². The lowest BCUT2D eigenvalue weighted by Crippen LogP contribution is -2.29. The second-order valence-corrected chi connectivity index (χ2v) is 11.9. The van der Waals surface area contributed by atoms with Gasteiger partial charge in [0, 0.05) is 19.0 Å². The van der Waals surface area contributed by atoms with E-state index < -0.39 is 62.8 Å². The Bertz CT molecular complexity index is 1190. The molecule has 1 aromatic rings. The number of nitrogen functional groups attached to an aromatic ring is 1. The highest BCUT2D eigenvalue weighted by Crippen LogP contribution is 2.61. The van der Waals surface area contributed by atoms with Gasteiger partial charge in [-0.25, -0.2) is 27.1 Å². The fraction of sp³-hybridized carbons (Fsp3) is 0.538. The average molecular weight is 599 g/mol. The topological polar surface area (TPSA) is 300 Å². The molecule has 0 aromatic carbocycles. The number of anilines is 1. The van der Waals surface area contributed by atoms with Crippen molar-refractivity contribution in [3.05, 3.63) is 22.2 Å². The molecule has 1 aromatic heterocycles. The maximum Gasteiger partial charge on any atom is 0.479 e. The Hall–Kier alpha value is -1.12. The standard InChI is InChI=1S/C13H21N3O16P4/c14-12-8(3-1-2-4-28-34(20,21)22)6-16(13(18)15-12)11-5-9(17)10(30-11)7-29-36(26,27)32-33(19)31-35(23,24)25/h6,9-11,17,19H,2,4-5,7H2,(H,26,27)(H2,14,15,18)(H2,20,21,22)(H2,23,24,25). The zero-order valence-corrected chi connectivity index (χ0v) is 21.3. The second-order valence-electron chi connectivity index (χ2n) is 6.69. The van der Waals surface area contributed by atoms with Crippen LogP contribution >= 0.6 is 32.1 Å². The highest BCUT2D eigenvalue weighted by atomic mass is 31.3. The van der Waals surface area contributed by atoms with Crippen molar-refractivity contribution >= 4 is 37.9 Å². The molecule has 5 unspecified atom stereocenters. The Morgan fingerprint density at radius 3 is 2.44 bits per heavy atom. The zero-order chi connectivity index (χ0) is 27.3. The van der Waals surface area contributed by atoms with E-state index in [9.17, 15) is 33.4 Å². The van der Waals surface area contributed by atoms with E-state index in [2.05, 4.69) is 34.5 Å². The van der Waals surface area contributed by atoms with Crippen molar-refractivity contribution < 1.29 is 70.6 Å². The number of rotatable bonds is 11. The molecule has 2 heterocycles. The van der Waals surface area contributed by atoms with E-state index in [1.807, 2.05) is 0 Å². The van der Waals surface area contributed by atoms with Gasteiger partial charge < -0.3 is 44.9 Å². The van der Waals surface area contributed by atoms with Crippen LogP contribution in [0.4, 0.5) is 5.82 Å². The molecule has 5 atom stereocenters. The lowest BCUT2D eigenvalue weighted by Gasteiger charge is -2.19. The van der Waals surface area contributed by atoms with Crippen molar-refractivity contribution in [3.8, 4) is 11.8 Å². The predicted molar refractivity (Wildman–Crippen MR) is 116 cm³/mol. The third-order valence-corrected chi connectivity index (χ3v) is 7.74. The summed E-state index contributed by atoms with van der Waals surface area (Å²) < 4.78 is 55.9. The Morgan fingerprint density at radius 2 is 1.83 bits per heavy atom. The van der Waals surface area contributed by atoms with Gasteiger partial charge in [0.1, 0.15) is 18.1 Å². The van der Waals surface area contributed by atoms with Gasteiger partial charge in [0.05, 0.1) is 24.9 Å². The molecular weight excluding hydrogens is 578 g/mol. The maximum absolute atomic E-state index is 12.2. The number of nitrogens with zero attached hydrogens (tertiary/aromatic N) is 2. The van der Waals surface area contributed by atoms with Crippen LogP contribution in [0.1, 0.15) is 24.6 Å². The molecule has 0 radical (unpaired) electrons. The molecule has 1 aliphatic heterocycles. The number of nitrogens with two attached hydrogens (primary N) is 1. The summed E-state index contributed by atoms with van der Waals surface area (Å²) in [6, 6.07) is 0. The molecule has 1 fully saturated rings. The summed E-state index contributed by atoms with van der Waals surface area (Å²) in [6.07, 6.45) is -2.94. The van der Waals surface area contributed by atoms with E-state index in [1.165, 1.54) is 0 Å². The molecule has 0 saturated carbocycles. The smallest absolute Gasteiger partial charge is 0.390 e. The minimum Gasteiger partial charge on any atom is -0.390 e. The van der Waals surface area contributed by atoms with Crippen LogP contribution in [0.3, 0.4) is 0 Å². The Balaban J connectivity index is 2.03. The van der Waals surface area contributed by atoms with Gasteiger partial charge in [0.2, 0.25) is 0 Å². The van der Waals surface area contributed by atoms with Crippen LogP contribution in [-0.4, -0.2) is 69.4 Å². The predicted octanol–water partition coefficient (Wildman–Crippen LogP) is -1.21. The molecule has 36 heavy (non-hydrogen) atoms. The van der Waals surface area contributed by atoms with E-state index in [0.29, 0.717) is 0 Å². The molecule has 2 rings (SSSR count). The lowest BCUT2D eigenvalue weighted by atomic mass is 10.2. The number of hydrogen-bond donors (Lipinski definition) is 8. The number of aliphatic hydroxyl groups is 1. The molecule has 0 spiro atoms. The van der Waals surface area contributed by atoms with Crippen molar-refractivity contribution in [2.45, 2.75) is 31.3 Å².